The molecule has 0 fully saturated rings. The minimum absolute atomic E-state index is 0.455. The summed E-state index contributed by atoms with van der Waals surface area (Å²) in [7, 11) is 1.81. The second-order valence-corrected chi connectivity index (χ2v) is 6.59. The molecule has 7 heteroatoms. The summed E-state index contributed by atoms with van der Waals surface area (Å²) in [4.78, 5) is 26.2. The fourth-order valence-electron chi connectivity index (χ4n) is 2.20. The fraction of sp³-hybridized carbons (Fsp3) is 0.200. The zero-order valence-electron chi connectivity index (χ0n) is 12.0. The third-order valence-electron chi connectivity index (χ3n) is 3.08. The van der Waals surface area contributed by atoms with Crippen LogP contribution < -0.4 is 11.1 Å². The highest BCUT2D eigenvalue weighted by molar-refractivity contribution is 7.16. The smallest absolute Gasteiger partial charge is 0.318 e. The molecule has 3 amide bonds. The van der Waals surface area contributed by atoms with Crippen LogP contribution in [0.5, 0.6) is 0 Å². The summed E-state index contributed by atoms with van der Waals surface area (Å²) in [6.45, 7) is 0.531. The van der Waals surface area contributed by atoms with Crippen LogP contribution in [-0.2, 0) is 11.3 Å². The molecule has 1 aromatic carbocycles. The van der Waals surface area contributed by atoms with Crippen molar-refractivity contribution in [1.29, 1.82) is 0 Å². The largest absolute Gasteiger partial charge is 0.351 e. The summed E-state index contributed by atoms with van der Waals surface area (Å²) in [5, 5.41) is 2.15. The first kappa shape index (κ1) is 16.5. The lowest BCUT2D eigenvalue weighted by Gasteiger charge is -2.26. The van der Waals surface area contributed by atoms with Gasteiger partial charge in [0, 0.05) is 11.4 Å². The SMILES string of the molecule is CN(Cc1ccc(Cl)s1)[C@H](C(=O)NC(N)=O)c1ccccc1. The number of nitrogens with two attached hydrogens (primary N) is 1. The summed E-state index contributed by atoms with van der Waals surface area (Å²) < 4.78 is 0.696. The highest BCUT2D eigenvalue weighted by Crippen LogP contribution is 2.26. The molecule has 1 heterocycles. The molecule has 22 heavy (non-hydrogen) atoms. The van der Waals surface area contributed by atoms with Crippen molar-refractivity contribution < 1.29 is 9.59 Å². The van der Waals surface area contributed by atoms with E-state index in [1.54, 1.807) is 0 Å². The molecule has 5 nitrogen and oxygen atoms in total. The zero-order valence-corrected chi connectivity index (χ0v) is 13.5. The number of likely N-dealkylation sites (N-methyl/N-ethyl adjacent to an activating group) is 1. The number of carbonyl (C=O) groups is 2. The highest BCUT2D eigenvalue weighted by Gasteiger charge is 2.26. The van der Waals surface area contributed by atoms with Crippen molar-refractivity contribution in [3.05, 3.63) is 57.2 Å². The van der Waals surface area contributed by atoms with Crippen LogP contribution in [0.4, 0.5) is 4.79 Å². The normalized spacial score (nSPS) is 12.1. The molecule has 2 rings (SSSR count). The number of imide groups is 1. The van der Waals surface area contributed by atoms with E-state index in [9.17, 15) is 9.59 Å². The van der Waals surface area contributed by atoms with E-state index in [2.05, 4.69) is 5.32 Å². The van der Waals surface area contributed by atoms with E-state index in [1.807, 2.05) is 54.4 Å². The molecule has 0 radical (unpaired) electrons. The Balaban J connectivity index is 2.23. The summed E-state index contributed by atoms with van der Waals surface area (Å²) in [5.41, 5.74) is 5.84. The standard InChI is InChI=1S/C15H16ClN3O2S/c1-19(9-11-7-8-12(16)22-11)13(14(20)18-15(17)21)10-5-3-2-4-6-10/h2-8,13H,9H2,1H3,(H3,17,18,20,21)/t13-/m0/s1. The van der Waals surface area contributed by atoms with Crippen molar-refractivity contribution in [1.82, 2.24) is 10.2 Å². The number of primary amides is 1. The van der Waals surface area contributed by atoms with Crippen LogP contribution in [0.1, 0.15) is 16.5 Å². The van der Waals surface area contributed by atoms with Crippen molar-refractivity contribution >= 4 is 34.9 Å². The van der Waals surface area contributed by atoms with Crippen molar-refractivity contribution in [3.63, 3.8) is 0 Å². The molecule has 0 bridgehead atoms. The first-order chi connectivity index (χ1) is 10.5. The molecule has 0 unspecified atom stereocenters. The number of nitrogens with zero attached hydrogens (tertiary/aromatic N) is 1. The first-order valence-electron chi connectivity index (χ1n) is 6.57. The van der Waals surface area contributed by atoms with E-state index in [1.165, 1.54) is 11.3 Å². The number of rotatable bonds is 5. The van der Waals surface area contributed by atoms with Crippen LogP contribution in [0.3, 0.4) is 0 Å². The average Bonchev–Trinajstić information content (AvgIpc) is 2.84. The Labute approximate surface area is 137 Å². The molecule has 116 valence electrons. The highest BCUT2D eigenvalue weighted by atomic mass is 35.5. The van der Waals surface area contributed by atoms with Gasteiger partial charge in [0.05, 0.1) is 4.34 Å². The molecule has 0 aliphatic carbocycles. The average molecular weight is 338 g/mol. The van der Waals surface area contributed by atoms with Crippen molar-refractivity contribution in [2.75, 3.05) is 7.05 Å². The Bertz CT molecular complexity index is 660. The van der Waals surface area contributed by atoms with Gasteiger partial charge >= 0.3 is 6.03 Å². The van der Waals surface area contributed by atoms with Gasteiger partial charge in [-0.3, -0.25) is 15.0 Å². The number of nitrogens with one attached hydrogen (secondary N) is 1. The maximum atomic E-state index is 12.3. The summed E-state index contributed by atoms with van der Waals surface area (Å²) >= 11 is 7.39. The van der Waals surface area contributed by atoms with Crippen LogP contribution in [0.2, 0.25) is 4.34 Å². The van der Waals surface area contributed by atoms with E-state index in [4.69, 9.17) is 17.3 Å². The minimum atomic E-state index is -0.863. The second-order valence-electron chi connectivity index (χ2n) is 4.79. The number of hydrogen-bond donors (Lipinski definition) is 2. The maximum absolute atomic E-state index is 12.3. The Kier molecular flexibility index (Phi) is 5.54. The second kappa shape index (κ2) is 7.40. The fourth-order valence-corrected chi connectivity index (χ4v) is 3.36. The minimum Gasteiger partial charge on any atom is -0.351 e. The number of halogens is 1. The summed E-state index contributed by atoms with van der Waals surface area (Å²) in [5.74, 6) is -0.455. The van der Waals surface area contributed by atoms with Crippen LogP contribution in [0.25, 0.3) is 0 Å². The van der Waals surface area contributed by atoms with E-state index in [0.717, 1.165) is 10.4 Å². The molecule has 0 aliphatic heterocycles. The van der Waals surface area contributed by atoms with Crippen LogP contribution in [-0.4, -0.2) is 23.9 Å². The van der Waals surface area contributed by atoms with Gasteiger partial charge in [0.15, 0.2) is 0 Å². The molecule has 0 spiro atoms. The molecular formula is C15H16ClN3O2S. The number of amides is 3. The number of urea groups is 1. The molecule has 0 aliphatic rings. The zero-order chi connectivity index (χ0) is 16.1. The molecule has 0 saturated heterocycles. The lowest BCUT2D eigenvalue weighted by molar-refractivity contribution is -0.125. The van der Waals surface area contributed by atoms with Crippen molar-refractivity contribution in [3.8, 4) is 0 Å². The maximum Gasteiger partial charge on any atom is 0.318 e. The Morgan fingerprint density at radius 1 is 1.27 bits per heavy atom. The predicted molar refractivity (Wildman–Crippen MR) is 87.7 cm³/mol. The molecule has 2 aromatic rings. The van der Waals surface area contributed by atoms with Gasteiger partial charge in [0.2, 0.25) is 5.91 Å². The Morgan fingerprint density at radius 3 is 2.50 bits per heavy atom. The first-order valence-corrected chi connectivity index (χ1v) is 7.76. The Hall–Kier alpha value is -1.89. The third-order valence-corrected chi connectivity index (χ3v) is 4.30. The molecule has 1 aromatic heterocycles. The van der Waals surface area contributed by atoms with Gasteiger partial charge in [-0.05, 0) is 24.7 Å². The van der Waals surface area contributed by atoms with Gasteiger partial charge in [0.1, 0.15) is 6.04 Å². The summed E-state index contributed by atoms with van der Waals surface area (Å²) in [6.07, 6.45) is 0. The number of thiophene rings is 1. The quantitative estimate of drug-likeness (QED) is 0.880. The van der Waals surface area contributed by atoms with Gasteiger partial charge < -0.3 is 5.73 Å². The Morgan fingerprint density at radius 2 is 1.95 bits per heavy atom. The van der Waals surface area contributed by atoms with E-state index in [-0.39, 0.29) is 0 Å². The lowest BCUT2D eigenvalue weighted by atomic mass is 10.0. The topological polar surface area (TPSA) is 75.4 Å². The van der Waals surface area contributed by atoms with Crippen molar-refractivity contribution in [2.45, 2.75) is 12.6 Å². The van der Waals surface area contributed by atoms with Gasteiger partial charge in [0.25, 0.3) is 0 Å². The van der Waals surface area contributed by atoms with Gasteiger partial charge in [-0.2, -0.15) is 0 Å². The third kappa shape index (κ3) is 4.30. The van der Waals surface area contributed by atoms with Crippen molar-refractivity contribution in [2.24, 2.45) is 5.73 Å². The molecule has 3 N–H and O–H groups in total. The van der Waals surface area contributed by atoms with Gasteiger partial charge in [-0.1, -0.05) is 41.9 Å². The predicted octanol–water partition coefficient (Wildman–Crippen LogP) is 2.77. The number of hydrogen-bond acceptors (Lipinski definition) is 4. The van der Waals surface area contributed by atoms with Crippen LogP contribution in [0.15, 0.2) is 42.5 Å². The van der Waals surface area contributed by atoms with E-state index < -0.39 is 18.0 Å². The van der Waals surface area contributed by atoms with Gasteiger partial charge in [-0.25, -0.2) is 4.79 Å². The van der Waals surface area contributed by atoms with E-state index in [0.29, 0.717) is 10.9 Å². The van der Waals surface area contributed by atoms with Gasteiger partial charge in [-0.15, -0.1) is 11.3 Å². The molecular weight excluding hydrogens is 322 g/mol. The molecule has 1 atom stereocenters. The molecule has 0 saturated carbocycles. The van der Waals surface area contributed by atoms with Crippen LogP contribution in [0, 0.1) is 0 Å². The monoisotopic (exact) mass is 337 g/mol. The summed E-state index contributed by atoms with van der Waals surface area (Å²) in [6, 6.07) is 11.5. The lowest BCUT2D eigenvalue weighted by Crippen LogP contribution is -2.43. The van der Waals surface area contributed by atoms with Crippen LogP contribution >= 0.6 is 22.9 Å². The van der Waals surface area contributed by atoms with E-state index >= 15 is 0 Å². The number of carbonyl (C=O) groups excluding carboxylic acids is 2. The number of benzene rings is 1.